The van der Waals surface area contributed by atoms with Gasteiger partial charge in [-0.3, -0.25) is 9.59 Å². The number of aromatic nitrogens is 1. The van der Waals surface area contributed by atoms with E-state index >= 15 is 0 Å². The van der Waals surface area contributed by atoms with Crippen LogP contribution in [0.25, 0.3) is 5.69 Å². The van der Waals surface area contributed by atoms with E-state index in [1.54, 1.807) is 0 Å². The molecule has 3 rings (SSSR count). The van der Waals surface area contributed by atoms with Crippen LogP contribution in [0, 0.1) is 20.8 Å². The number of nitrogens with one attached hydrogen (secondary N) is 1. The van der Waals surface area contributed by atoms with Crippen LogP contribution in [-0.2, 0) is 4.79 Å². The standard InChI is InChI=1S/C23H31N3O2/c1-17-10-6-7-11-21(17)26-18(2)16-20(19(26)3)23(28)24-13-12-22(27)25-14-8-4-5-9-15-25/h6-7,10-11,16H,4-5,8-9,12-15H2,1-3H3,(H,24,28). The summed E-state index contributed by atoms with van der Waals surface area (Å²) in [5, 5.41) is 2.93. The van der Waals surface area contributed by atoms with Gasteiger partial charge in [0.15, 0.2) is 0 Å². The lowest BCUT2D eigenvalue weighted by Crippen LogP contribution is -2.35. The van der Waals surface area contributed by atoms with Crippen LogP contribution in [-0.4, -0.2) is 40.9 Å². The fourth-order valence-corrected chi connectivity index (χ4v) is 4.03. The summed E-state index contributed by atoms with van der Waals surface area (Å²) in [4.78, 5) is 27.0. The Kier molecular flexibility index (Phi) is 6.55. The van der Waals surface area contributed by atoms with Gasteiger partial charge in [-0.05, 0) is 51.3 Å². The van der Waals surface area contributed by atoms with E-state index in [2.05, 4.69) is 28.9 Å². The second-order valence-corrected chi connectivity index (χ2v) is 7.71. The van der Waals surface area contributed by atoms with Crippen molar-refractivity contribution in [2.45, 2.75) is 52.9 Å². The molecule has 0 spiro atoms. The highest BCUT2D eigenvalue weighted by Crippen LogP contribution is 2.23. The van der Waals surface area contributed by atoms with Crippen LogP contribution in [0.3, 0.4) is 0 Å². The summed E-state index contributed by atoms with van der Waals surface area (Å²) in [5.41, 5.74) is 4.87. The predicted octanol–water partition coefficient (Wildman–Crippen LogP) is 3.93. The highest BCUT2D eigenvalue weighted by Gasteiger charge is 2.19. The van der Waals surface area contributed by atoms with Gasteiger partial charge in [-0.2, -0.15) is 0 Å². The molecule has 1 aromatic heterocycles. The van der Waals surface area contributed by atoms with Gasteiger partial charge in [-0.25, -0.2) is 0 Å². The monoisotopic (exact) mass is 381 g/mol. The summed E-state index contributed by atoms with van der Waals surface area (Å²) in [6.07, 6.45) is 4.95. The number of para-hydroxylation sites is 1. The maximum Gasteiger partial charge on any atom is 0.253 e. The first-order valence-corrected chi connectivity index (χ1v) is 10.3. The Bertz CT molecular complexity index is 846. The van der Waals surface area contributed by atoms with Crippen molar-refractivity contribution in [3.8, 4) is 5.69 Å². The molecule has 0 bridgehead atoms. The highest BCUT2D eigenvalue weighted by atomic mass is 16.2. The molecule has 0 saturated carbocycles. The maximum absolute atomic E-state index is 12.7. The first kappa shape index (κ1) is 20.2. The van der Waals surface area contributed by atoms with Crippen molar-refractivity contribution in [2.75, 3.05) is 19.6 Å². The number of benzene rings is 1. The van der Waals surface area contributed by atoms with E-state index in [4.69, 9.17) is 0 Å². The Morgan fingerprint density at radius 3 is 2.36 bits per heavy atom. The second kappa shape index (κ2) is 9.09. The topological polar surface area (TPSA) is 54.3 Å². The van der Waals surface area contributed by atoms with Crippen molar-refractivity contribution in [2.24, 2.45) is 0 Å². The van der Waals surface area contributed by atoms with Crippen molar-refractivity contribution in [3.63, 3.8) is 0 Å². The van der Waals surface area contributed by atoms with Crippen molar-refractivity contribution < 1.29 is 9.59 Å². The largest absolute Gasteiger partial charge is 0.351 e. The van der Waals surface area contributed by atoms with Gasteiger partial charge >= 0.3 is 0 Å². The Labute approximate surface area is 167 Å². The molecule has 1 fully saturated rings. The number of nitrogens with zero attached hydrogens (tertiary/aromatic N) is 2. The molecule has 0 unspecified atom stereocenters. The van der Waals surface area contributed by atoms with Gasteiger partial charge in [0.05, 0.1) is 5.56 Å². The molecule has 0 atom stereocenters. The molecule has 28 heavy (non-hydrogen) atoms. The maximum atomic E-state index is 12.7. The fourth-order valence-electron chi connectivity index (χ4n) is 4.03. The van der Waals surface area contributed by atoms with Gasteiger partial charge < -0.3 is 14.8 Å². The predicted molar refractivity (Wildman–Crippen MR) is 112 cm³/mol. The fraction of sp³-hybridized carbons (Fsp3) is 0.478. The highest BCUT2D eigenvalue weighted by molar-refractivity contribution is 5.96. The lowest BCUT2D eigenvalue weighted by atomic mass is 10.2. The summed E-state index contributed by atoms with van der Waals surface area (Å²) in [7, 11) is 0. The van der Waals surface area contributed by atoms with Crippen LogP contribution < -0.4 is 5.32 Å². The van der Waals surface area contributed by atoms with Gasteiger partial charge in [0.2, 0.25) is 5.91 Å². The van der Waals surface area contributed by atoms with Crippen molar-refractivity contribution in [1.82, 2.24) is 14.8 Å². The third kappa shape index (κ3) is 4.46. The number of hydrogen-bond donors (Lipinski definition) is 1. The minimum Gasteiger partial charge on any atom is -0.351 e. The number of carbonyl (C=O) groups is 2. The molecule has 150 valence electrons. The van der Waals surface area contributed by atoms with Crippen LogP contribution in [0.1, 0.15) is 59.4 Å². The lowest BCUT2D eigenvalue weighted by Gasteiger charge is -2.20. The quantitative estimate of drug-likeness (QED) is 0.853. The number of rotatable bonds is 5. The minimum absolute atomic E-state index is 0.114. The third-order valence-corrected chi connectivity index (χ3v) is 5.62. The Morgan fingerprint density at radius 2 is 1.68 bits per heavy atom. The van der Waals surface area contributed by atoms with Crippen molar-refractivity contribution in [3.05, 3.63) is 52.8 Å². The average Bonchev–Trinajstić information content (AvgIpc) is 2.86. The summed E-state index contributed by atoms with van der Waals surface area (Å²) in [5.74, 6) is 0.0317. The molecule has 1 aliphatic rings. The smallest absolute Gasteiger partial charge is 0.253 e. The lowest BCUT2D eigenvalue weighted by molar-refractivity contribution is -0.131. The van der Waals surface area contributed by atoms with Gasteiger partial charge in [0.1, 0.15) is 0 Å². The average molecular weight is 382 g/mol. The zero-order chi connectivity index (χ0) is 20.1. The van der Waals surface area contributed by atoms with E-state index < -0.39 is 0 Å². The molecule has 1 aromatic carbocycles. The number of amides is 2. The molecule has 5 nitrogen and oxygen atoms in total. The molecule has 1 N–H and O–H groups in total. The van der Waals surface area contributed by atoms with Crippen LogP contribution >= 0.6 is 0 Å². The van der Waals surface area contributed by atoms with Gasteiger partial charge in [0, 0.05) is 43.1 Å². The summed E-state index contributed by atoms with van der Waals surface area (Å²) >= 11 is 0. The van der Waals surface area contributed by atoms with E-state index in [0.29, 0.717) is 18.5 Å². The van der Waals surface area contributed by atoms with Crippen LogP contribution in [0.5, 0.6) is 0 Å². The zero-order valence-corrected chi connectivity index (χ0v) is 17.3. The van der Waals surface area contributed by atoms with Gasteiger partial charge in [-0.15, -0.1) is 0 Å². The van der Waals surface area contributed by atoms with Gasteiger partial charge in [0.25, 0.3) is 5.91 Å². The minimum atomic E-state index is -0.114. The first-order valence-electron chi connectivity index (χ1n) is 10.3. The van der Waals surface area contributed by atoms with Crippen molar-refractivity contribution >= 4 is 11.8 Å². The molecule has 0 aliphatic carbocycles. The van der Waals surface area contributed by atoms with Gasteiger partial charge in [-0.1, -0.05) is 31.0 Å². The summed E-state index contributed by atoms with van der Waals surface area (Å²) in [6.45, 7) is 8.13. The second-order valence-electron chi connectivity index (χ2n) is 7.71. The number of carbonyl (C=O) groups excluding carboxylic acids is 2. The van der Waals surface area contributed by atoms with E-state index in [-0.39, 0.29) is 11.8 Å². The molecule has 2 amide bonds. The SMILES string of the molecule is Cc1ccccc1-n1c(C)cc(C(=O)NCCC(=O)N2CCCCCC2)c1C. The summed E-state index contributed by atoms with van der Waals surface area (Å²) < 4.78 is 2.12. The number of aryl methyl sites for hydroxylation is 2. The third-order valence-electron chi connectivity index (χ3n) is 5.62. The molecule has 1 saturated heterocycles. The normalized spacial score (nSPS) is 14.6. The Hall–Kier alpha value is -2.56. The van der Waals surface area contributed by atoms with Crippen LogP contribution in [0.15, 0.2) is 30.3 Å². The molecule has 5 heteroatoms. The summed E-state index contributed by atoms with van der Waals surface area (Å²) in [6, 6.07) is 10.1. The van der Waals surface area contributed by atoms with E-state index in [1.165, 1.54) is 18.4 Å². The molecule has 2 heterocycles. The van der Waals surface area contributed by atoms with Crippen molar-refractivity contribution in [1.29, 1.82) is 0 Å². The van der Waals surface area contributed by atoms with E-state index in [1.807, 2.05) is 36.9 Å². The Morgan fingerprint density at radius 1 is 1.00 bits per heavy atom. The van der Waals surface area contributed by atoms with E-state index in [0.717, 1.165) is 43.0 Å². The van der Waals surface area contributed by atoms with E-state index in [9.17, 15) is 9.59 Å². The zero-order valence-electron chi connectivity index (χ0n) is 17.3. The molecular formula is C23H31N3O2. The number of likely N-dealkylation sites (tertiary alicyclic amines) is 1. The molecule has 2 aromatic rings. The number of hydrogen-bond acceptors (Lipinski definition) is 2. The van der Waals surface area contributed by atoms with Crippen LogP contribution in [0.4, 0.5) is 0 Å². The first-order chi connectivity index (χ1) is 13.5. The molecule has 0 radical (unpaired) electrons. The Balaban J connectivity index is 1.63. The molecular weight excluding hydrogens is 350 g/mol. The molecule has 1 aliphatic heterocycles. The van der Waals surface area contributed by atoms with Crippen LogP contribution in [0.2, 0.25) is 0 Å².